The second kappa shape index (κ2) is 7.94. The number of amides is 1. The van der Waals surface area contributed by atoms with Crippen LogP contribution in [0.1, 0.15) is 21.7 Å². The minimum absolute atomic E-state index is 0.00884. The number of alkyl halides is 3. The number of imidazole rings is 1. The van der Waals surface area contributed by atoms with Crippen molar-refractivity contribution in [2.45, 2.75) is 12.6 Å². The number of rotatable bonds is 4. The predicted octanol–water partition coefficient (Wildman–Crippen LogP) is 3.58. The number of anilines is 1. The molecule has 2 aromatic carbocycles. The van der Waals surface area contributed by atoms with Gasteiger partial charge >= 0.3 is 11.9 Å². The van der Waals surface area contributed by atoms with Crippen LogP contribution >= 0.6 is 0 Å². The van der Waals surface area contributed by atoms with Gasteiger partial charge in [0.25, 0.3) is 5.91 Å². The lowest BCUT2D eigenvalue weighted by molar-refractivity contribution is -0.141. The van der Waals surface area contributed by atoms with E-state index in [-0.39, 0.29) is 29.9 Å². The molecule has 0 spiro atoms. The van der Waals surface area contributed by atoms with Gasteiger partial charge in [0, 0.05) is 30.2 Å². The maximum absolute atomic E-state index is 13.7. The van der Waals surface area contributed by atoms with Crippen molar-refractivity contribution in [3.63, 3.8) is 0 Å². The molecule has 0 unspecified atom stereocenters. The molecule has 3 heterocycles. The molecule has 0 radical (unpaired) electrons. The third-order valence-corrected chi connectivity index (χ3v) is 5.69. The molecule has 0 bridgehead atoms. The summed E-state index contributed by atoms with van der Waals surface area (Å²) in [6, 6.07) is 12.9. The zero-order valence-electron chi connectivity index (χ0n) is 17.8. The number of hydrogen-bond donors (Lipinski definition) is 1. The van der Waals surface area contributed by atoms with Crippen LogP contribution in [0.2, 0.25) is 0 Å². The molecule has 0 atom stereocenters. The smallest absolute Gasteiger partial charge is 0.435 e. The van der Waals surface area contributed by atoms with E-state index in [1.807, 2.05) is 0 Å². The topological polar surface area (TPSA) is 85.2 Å². The molecule has 0 saturated carbocycles. The van der Waals surface area contributed by atoms with Crippen molar-refractivity contribution in [2.24, 2.45) is 0 Å². The van der Waals surface area contributed by atoms with E-state index >= 15 is 0 Å². The van der Waals surface area contributed by atoms with E-state index in [2.05, 4.69) is 10.1 Å². The van der Waals surface area contributed by atoms with E-state index in [1.165, 1.54) is 22.8 Å². The molecule has 5 rings (SSSR count). The second-order valence-corrected chi connectivity index (χ2v) is 7.64. The van der Waals surface area contributed by atoms with Crippen LogP contribution in [0.3, 0.4) is 0 Å². The summed E-state index contributed by atoms with van der Waals surface area (Å²) in [6.45, 7) is 0.0622. The molecule has 8 nitrogen and oxygen atoms in total. The average molecular weight is 469 g/mol. The summed E-state index contributed by atoms with van der Waals surface area (Å²) in [5, 5.41) is 3.79. The number of fused-ring (bicyclic) bond motifs is 1. The molecule has 1 aliphatic heterocycles. The number of ether oxygens (including phenoxy) is 1. The standard InChI is InChI=1S/C23H18F3N5O3/c1-34-17-8-6-16(7-9-17)31-19-18(20(28-31)23(24,25)26)10-12-29(21(19)32)14-2-4-15(5-3-14)30-13-11-27-22(30)33/h2-9,11,13H,10,12H2,1H3,(H,27,33). The first-order valence-electron chi connectivity index (χ1n) is 10.3. The SMILES string of the molecule is COc1ccc(-n2nc(C(F)(F)F)c3c2C(=O)N(c2ccc(-n4cc[nH]c4=O)cc2)CC3)cc1. The minimum Gasteiger partial charge on any atom is -0.497 e. The van der Waals surface area contributed by atoms with Crippen LogP contribution in [0.4, 0.5) is 18.9 Å². The van der Waals surface area contributed by atoms with Gasteiger partial charge in [0.05, 0.1) is 18.5 Å². The predicted molar refractivity (Wildman–Crippen MR) is 117 cm³/mol. The number of hydrogen-bond acceptors (Lipinski definition) is 4. The highest BCUT2D eigenvalue weighted by atomic mass is 19.4. The summed E-state index contributed by atoms with van der Waals surface area (Å²) in [5.41, 5.74) is -0.232. The number of aromatic amines is 1. The molecule has 174 valence electrons. The van der Waals surface area contributed by atoms with Crippen LogP contribution < -0.4 is 15.3 Å². The number of aromatic nitrogens is 4. The fraction of sp³-hybridized carbons (Fsp3) is 0.174. The highest BCUT2D eigenvalue weighted by Crippen LogP contribution is 2.37. The zero-order valence-corrected chi connectivity index (χ0v) is 17.8. The number of nitrogens with zero attached hydrogens (tertiary/aromatic N) is 4. The molecule has 2 aromatic heterocycles. The Balaban J connectivity index is 1.56. The minimum atomic E-state index is -4.70. The van der Waals surface area contributed by atoms with E-state index < -0.39 is 17.8 Å². The molecule has 4 aromatic rings. The molecule has 1 N–H and O–H groups in total. The van der Waals surface area contributed by atoms with Crippen LogP contribution in [-0.2, 0) is 12.6 Å². The Hall–Kier alpha value is -4.28. The van der Waals surface area contributed by atoms with Gasteiger partial charge in [0.1, 0.15) is 11.4 Å². The normalized spacial score (nSPS) is 13.8. The highest BCUT2D eigenvalue weighted by Gasteiger charge is 2.43. The third kappa shape index (κ3) is 3.54. The molecular formula is C23H18F3N5O3. The lowest BCUT2D eigenvalue weighted by Crippen LogP contribution is -2.39. The van der Waals surface area contributed by atoms with Crippen molar-refractivity contribution >= 4 is 11.6 Å². The summed E-state index contributed by atoms with van der Waals surface area (Å²) in [6.07, 6.45) is -1.63. The van der Waals surface area contributed by atoms with Gasteiger partial charge in [-0.25, -0.2) is 9.48 Å². The highest BCUT2D eigenvalue weighted by molar-refractivity contribution is 6.07. The number of H-pyrrole nitrogens is 1. The molecule has 0 saturated heterocycles. The first-order valence-corrected chi connectivity index (χ1v) is 10.3. The lowest BCUT2D eigenvalue weighted by atomic mass is 10.0. The van der Waals surface area contributed by atoms with Gasteiger partial charge in [-0.3, -0.25) is 9.36 Å². The monoisotopic (exact) mass is 469 g/mol. The van der Waals surface area contributed by atoms with Gasteiger partial charge in [0.15, 0.2) is 5.69 Å². The van der Waals surface area contributed by atoms with Crippen LogP contribution in [0, 0.1) is 0 Å². The Labute approximate surface area is 190 Å². The Morgan fingerprint density at radius 2 is 1.62 bits per heavy atom. The molecule has 11 heteroatoms. The van der Waals surface area contributed by atoms with Gasteiger partial charge in [-0.2, -0.15) is 18.3 Å². The van der Waals surface area contributed by atoms with Crippen LogP contribution in [0.15, 0.2) is 65.7 Å². The summed E-state index contributed by atoms with van der Waals surface area (Å²) in [4.78, 5) is 29.2. The summed E-state index contributed by atoms with van der Waals surface area (Å²) < 4.78 is 48.7. The first-order chi connectivity index (χ1) is 16.3. The third-order valence-electron chi connectivity index (χ3n) is 5.69. The van der Waals surface area contributed by atoms with Crippen molar-refractivity contribution in [3.05, 3.63) is 88.4 Å². The number of nitrogens with one attached hydrogen (secondary N) is 1. The molecule has 0 aliphatic carbocycles. The largest absolute Gasteiger partial charge is 0.497 e. The van der Waals surface area contributed by atoms with Crippen LogP contribution in [-0.4, -0.2) is 38.9 Å². The van der Waals surface area contributed by atoms with E-state index in [4.69, 9.17) is 4.74 Å². The quantitative estimate of drug-likeness (QED) is 0.495. The van der Waals surface area contributed by atoms with E-state index in [9.17, 15) is 22.8 Å². The van der Waals surface area contributed by atoms with Gasteiger partial charge in [0.2, 0.25) is 0 Å². The van der Waals surface area contributed by atoms with Gasteiger partial charge < -0.3 is 14.6 Å². The van der Waals surface area contributed by atoms with Crippen LogP contribution in [0.25, 0.3) is 11.4 Å². The Morgan fingerprint density at radius 1 is 0.971 bits per heavy atom. The molecule has 1 amide bonds. The molecule has 0 fully saturated rings. The van der Waals surface area contributed by atoms with E-state index in [0.717, 1.165) is 4.68 Å². The summed E-state index contributed by atoms with van der Waals surface area (Å²) in [5.74, 6) is -0.0676. The van der Waals surface area contributed by atoms with Crippen LogP contribution in [0.5, 0.6) is 5.75 Å². The van der Waals surface area contributed by atoms with Gasteiger partial charge in [-0.15, -0.1) is 0 Å². The fourth-order valence-corrected chi connectivity index (χ4v) is 4.06. The molecular weight excluding hydrogens is 451 g/mol. The number of carbonyl (C=O) groups is 1. The van der Waals surface area contributed by atoms with E-state index in [0.29, 0.717) is 22.8 Å². The second-order valence-electron chi connectivity index (χ2n) is 7.64. The average Bonchev–Trinajstić information content (AvgIpc) is 3.44. The Morgan fingerprint density at radius 3 is 2.21 bits per heavy atom. The lowest BCUT2D eigenvalue weighted by Gasteiger charge is -2.28. The Kier molecular flexibility index (Phi) is 5.03. The molecule has 34 heavy (non-hydrogen) atoms. The zero-order chi connectivity index (χ0) is 24.0. The van der Waals surface area contributed by atoms with Gasteiger partial charge in [-0.1, -0.05) is 0 Å². The van der Waals surface area contributed by atoms with Crippen molar-refractivity contribution in [1.82, 2.24) is 19.3 Å². The maximum Gasteiger partial charge on any atom is 0.435 e. The Bertz CT molecular complexity index is 1420. The number of carbonyl (C=O) groups excluding carboxylic acids is 1. The number of benzene rings is 2. The summed E-state index contributed by atoms with van der Waals surface area (Å²) in [7, 11) is 1.48. The molecule has 1 aliphatic rings. The van der Waals surface area contributed by atoms with Crippen molar-refractivity contribution in [3.8, 4) is 17.1 Å². The van der Waals surface area contributed by atoms with Gasteiger partial charge in [-0.05, 0) is 55.0 Å². The maximum atomic E-state index is 13.7. The van der Waals surface area contributed by atoms with Crippen molar-refractivity contribution < 1.29 is 22.7 Å². The van der Waals surface area contributed by atoms with Crippen molar-refractivity contribution in [1.29, 1.82) is 0 Å². The number of methoxy groups -OCH3 is 1. The first kappa shape index (κ1) is 21.6. The fourth-order valence-electron chi connectivity index (χ4n) is 4.06. The number of halogens is 3. The van der Waals surface area contributed by atoms with E-state index in [1.54, 1.807) is 54.7 Å². The summed E-state index contributed by atoms with van der Waals surface area (Å²) >= 11 is 0. The van der Waals surface area contributed by atoms with Crippen molar-refractivity contribution in [2.75, 3.05) is 18.6 Å².